The molecule has 5 rings (SSSR count). The van der Waals surface area contributed by atoms with E-state index in [4.69, 9.17) is 0 Å². The Balaban J connectivity index is 1.29. The summed E-state index contributed by atoms with van der Waals surface area (Å²) < 4.78 is 2.82. The zero-order valence-corrected chi connectivity index (χ0v) is 18.7. The van der Waals surface area contributed by atoms with E-state index in [9.17, 15) is 4.79 Å². The Kier molecular flexibility index (Phi) is 5.00. The maximum atomic E-state index is 13.1. The molecule has 1 amide bonds. The molecule has 7 nitrogen and oxygen atoms in total. The molecule has 0 spiro atoms. The van der Waals surface area contributed by atoms with Crippen LogP contribution in [0.25, 0.3) is 16.0 Å². The number of aromatic nitrogens is 4. The van der Waals surface area contributed by atoms with E-state index in [1.165, 1.54) is 0 Å². The highest BCUT2D eigenvalue weighted by Gasteiger charge is 2.26. The van der Waals surface area contributed by atoms with E-state index in [1.54, 1.807) is 23.7 Å². The highest BCUT2D eigenvalue weighted by molar-refractivity contribution is 9.10. The molecule has 1 fully saturated rings. The van der Waals surface area contributed by atoms with Gasteiger partial charge in [0.15, 0.2) is 5.13 Å². The first-order chi connectivity index (χ1) is 14.6. The van der Waals surface area contributed by atoms with Gasteiger partial charge in [0.1, 0.15) is 10.3 Å². The van der Waals surface area contributed by atoms with E-state index >= 15 is 0 Å². The van der Waals surface area contributed by atoms with Crippen molar-refractivity contribution in [2.24, 2.45) is 0 Å². The molecule has 0 aliphatic carbocycles. The van der Waals surface area contributed by atoms with Crippen LogP contribution >= 0.6 is 27.3 Å². The van der Waals surface area contributed by atoms with E-state index in [0.717, 1.165) is 44.4 Å². The average molecular weight is 483 g/mol. The minimum atomic E-state index is 0.0291. The van der Waals surface area contributed by atoms with Gasteiger partial charge in [-0.15, -0.1) is 0 Å². The topological polar surface area (TPSA) is 67.2 Å². The number of fused-ring (bicyclic) bond motifs is 1. The molecule has 0 saturated carbocycles. The van der Waals surface area contributed by atoms with Crippen molar-refractivity contribution in [1.29, 1.82) is 0 Å². The summed E-state index contributed by atoms with van der Waals surface area (Å²) in [5, 5.41) is 5.41. The standard InChI is InChI=1S/C21H19BrN6OS/c1-14-17(13-24-28(14)16-6-4-15(22)5-7-16)20(29)26-9-11-27(12-10-26)21-25-18-3-2-8-23-19(18)30-21/h2-8,13H,9-12H2,1H3. The van der Waals surface area contributed by atoms with Gasteiger partial charge in [-0.2, -0.15) is 5.10 Å². The number of rotatable bonds is 3. The van der Waals surface area contributed by atoms with Crippen molar-refractivity contribution in [3.05, 3.63) is 64.5 Å². The monoisotopic (exact) mass is 482 g/mol. The average Bonchev–Trinajstić information content (AvgIpc) is 3.38. The number of hydrogen-bond donors (Lipinski definition) is 0. The quantitative estimate of drug-likeness (QED) is 0.442. The lowest BCUT2D eigenvalue weighted by Crippen LogP contribution is -2.48. The molecule has 3 aromatic heterocycles. The van der Waals surface area contributed by atoms with Crippen LogP contribution in [0.4, 0.5) is 5.13 Å². The molecule has 1 saturated heterocycles. The minimum absolute atomic E-state index is 0.0291. The number of pyridine rings is 1. The van der Waals surface area contributed by atoms with Crippen molar-refractivity contribution < 1.29 is 4.79 Å². The van der Waals surface area contributed by atoms with Gasteiger partial charge in [-0.1, -0.05) is 27.3 Å². The third-order valence-electron chi connectivity index (χ3n) is 5.30. The van der Waals surface area contributed by atoms with Crippen LogP contribution in [0.5, 0.6) is 0 Å². The molecule has 30 heavy (non-hydrogen) atoms. The van der Waals surface area contributed by atoms with Crippen molar-refractivity contribution in [2.75, 3.05) is 31.1 Å². The van der Waals surface area contributed by atoms with E-state index in [2.05, 4.69) is 35.9 Å². The number of amides is 1. The van der Waals surface area contributed by atoms with Crippen LogP contribution in [0.2, 0.25) is 0 Å². The van der Waals surface area contributed by atoms with Crippen molar-refractivity contribution in [1.82, 2.24) is 24.6 Å². The van der Waals surface area contributed by atoms with E-state index in [1.807, 2.05) is 52.9 Å². The van der Waals surface area contributed by atoms with Crippen molar-refractivity contribution >= 4 is 48.7 Å². The fraction of sp³-hybridized carbons (Fsp3) is 0.238. The SMILES string of the molecule is Cc1c(C(=O)N2CCN(c3nc4cccnc4s3)CC2)cnn1-c1ccc(Br)cc1. The predicted molar refractivity (Wildman–Crippen MR) is 122 cm³/mol. The molecule has 9 heteroatoms. The van der Waals surface area contributed by atoms with Gasteiger partial charge in [0.25, 0.3) is 5.91 Å². The van der Waals surface area contributed by atoms with Gasteiger partial charge >= 0.3 is 0 Å². The number of piperazine rings is 1. The normalized spacial score (nSPS) is 14.5. The second-order valence-electron chi connectivity index (χ2n) is 7.14. The molecule has 1 aliphatic rings. The molecule has 0 bridgehead atoms. The van der Waals surface area contributed by atoms with Gasteiger partial charge in [-0.05, 0) is 43.3 Å². The predicted octanol–water partition coefficient (Wildman–Crippen LogP) is 3.91. The molecule has 1 aromatic carbocycles. The molecule has 0 atom stereocenters. The van der Waals surface area contributed by atoms with Gasteiger partial charge < -0.3 is 9.80 Å². The van der Waals surface area contributed by atoms with Crippen molar-refractivity contribution in [3.63, 3.8) is 0 Å². The fourth-order valence-corrected chi connectivity index (χ4v) is 4.85. The second-order valence-corrected chi connectivity index (χ2v) is 9.01. The summed E-state index contributed by atoms with van der Waals surface area (Å²) >= 11 is 5.04. The molecular weight excluding hydrogens is 464 g/mol. The summed E-state index contributed by atoms with van der Waals surface area (Å²) in [6.45, 7) is 4.76. The van der Waals surface area contributed by atoms with Crippen LogP contribution in [0.15, 0.2) is 53.3 Å². The van der Waals surface area contributed by atoms with E-state index in [-0.39, 0.29) is 5.91 Å². The number of thiazole rings is 1. The lowest BCUT2D eigenvalue weighted by Gasteiger charge is -2.34. The summed E-state index contributed by atoms with van der Waals surface area (Å²) in [6.07, 6.45) is 3.46. The lowest BCUT2D eigenvalue weighted by atomic mass is 10.2. The van der Waals surface area contributed by atoms with Gasteiger partial charge in [0, 0.05) is 36.8 Å². The third kappa shape index (κ3) is 3.48. The summed E-state index contributed by atoms with van der Waals surface area (Å²) in [6, 6.07) is 11.8. The summed E-state index contributed by atoms with van der Waals surface area (Å²) in [5.74, 6) is 0.0291. The molecule has 0 N–H and O–H groups in total. The number of benzene rings is 1. The number of halogens is 1. The summed E-state index contributed by atoms with van der Waals surface area (Å²) in [7, 11) is 0. The Morgan fingerprint density at radius 3 is 2.60 bits per heavy atom. The highest BCUT2D eigenvalue weighted by atomic mass is 79.9. The van der Waals surface area contributed by atoms with Crippen molar-refractivity contribution in [2.45, 2.75) is 6.92 Å². The maximum Gasteiger partial charge on any atom is 0.257 e. The van der Waals surface area contributed by atoms with E-state index in [0.29, 0.717) is 18.7 Å². The van der Waals surface area contributed by atoms with Gasteiger partial charge in [0.2, 0.25) is 0 Å². The molecule has 0 unspecified atom stereocenters. The van der Waals surface area contributed by atoms with Crippen LogP contribution < -0.4 is 4.90 Å². The number of hydrogen-bond acceptors (Lipinski definition) is 6. The van der Waals surface area contributed by atoms with E-state index < -0.39 is 0 Å². The number of carbonyl (C=O) groups is 1. The summed E-state index contributed by atoms with van der Waals surface area (Å²) in [5.41, 5.74) is 3.36. The van der Waals surface area contributed by atoms with Crippen molar-refractivity contribution in [3.8, 4) is 5.69 Å². The number of nitrogens with zero attached hydrogens (tertiary/aromatic N) is 6. The Bertz CT molecular complexity index is 1180. The maximum absolute atomic E-state index is 13.1. The Hall–Kier alpha value is -2.78. The Labute approximate surface area is 186 Å². The van der Waals surface area contributed by atoms with Crippen LogP contribution in [0, 0.1) is 6.92 Å². The Morgan fingerprint density at radius 1 is 1.10 bits per heavy atom. The van der Waals surface area contributed by atoms with Gasteiger partial charge in [0.05, 0.1) is 23.1 Å². The molecule has 1 aliphatic heterocycles. The first-order valence-corrected chi connectivity index (χ1v) is 11.3. The number of anilines is 1. The Morgan fingerprint density at radius 2 is 1.87 bits per heavy atom. The number of carbonyl (C=O) groups excluding carboxylic acids is 1. The largest absolute Gasteiger partial charge is 0.344 e. The third-order valence-corrected chi connectivity index (χ3v) is 6.87. The molecule has 4 heterocycles. The molecule has 152 valence electrons. The van der Waals surface area contributed by atoms with Crippen LogP contribution in [0.3, 0.4) is 0 Å². The molecular formula is C21H19BrN6OS. The summed E-state index contributed by atoms with van der Waals surface area (Å²) in [4.78, 5) is 27.3. The zero-order chi connectivity index (χ0) is 20.7. The second kappa shape index (κ2) is 7.81. The smallest absolute Gasteiger partial charge is 0.257 e. The van der Waals surface area contributed by atoms with Crippen LogP contribution in [-0.2, 0) is 0 Å². The zero-order valence-electron chi connectivity index (χ0n) is 16.3. The first kappa shape index (κ1) is 19.2. The van der Waals surface area contributed by atoms with Crippen LogP contribution in [0.1, 0.15) is 16.1 Å². The fourth-order valence-electron chi connectivity index (χ4n) is 3.63. The minimum Gasteiger partial charge on any atom is -0.344 e. The van der Waals surface area contributed by atoms with Gasteiger partial charge in [-0.25, -0.2) is 14.6 Å². The van der Waals surface area contributed by atoms with Crippen LogP contribution in [-0.4, -0.2) is 56.7 Å². The lowest BCUT2D eigenvalue weighted by molar-refractivity contribution is 0.0746. The highest BCUT2D eigenvalue weighted by Crippen LogP contribution is 2.28. The first-order valence-electron chi connectivity index (χ1n) is 9.66. The molecule has 0 radical (unpaired) electrons. The van der Waals surface area contributed by atoms with Gasteiger partial charge in [-0.3, -0.25) is 4.79 Å². The molecule has 4 aromatic rings.